The normalized spacial score (nSPS) is 18.7. The van der Waals surface area contributed by atoms with Crippen LogP contribution in [0, 0.1) is 0 Å². The first-order valence-corrected chi connectivity index (χ1v) is 10.2. The summed E-state index contributed by atoms with van der Waals surface area (Å²) in [5.41, 5.74) is 1.39. The second kappa shape index (κ2) is 8.91. The second-order valence-electron chi connectivity index (χ2n) is 7.39. The molecule has 0 spiro atoms. The minimum atomic E-state index is -0.274. The summed E-state index contributed by atoms with van der Waals surface area (Å²) in [7, 11) is 0. The number of nitrogens with one attached hydrogen (secondary N) is 3. The summed E-state index contributed by atoms with van der Waals surface area (Å²) in [6, 6.07) is 6.19. The van der Waals surface area contributed by atoms with Crippen molar-refractivity contribution in [2.75, 3.05) is 15.6 Å². The number of anilines is 3. The lowest BCUT2D eigenvalue weighted by molar-refractivity contribution is -0.114. The highest BCUT2D eigenvalue weighted by Crippen LogP contribution is 2.25. The molecule has 0 aromatic carbocycles. The van der Waals surface area contributed by atoms with E-state index in [2.05, 4.69) is 30.6 Å². The molecular formula is C21H26N8O. The van der Waals surface area contributed by atoms with Gasteiger partial charge in [-0.05, 0) is 43.9 Å². The lowest BCUT2D eigenvalue weighted by Gasteiger charge is -2.17. The van der Waals surface area contributed by atoms with E-state index in [9.17, 15) is 4.79 Å². The van der Waals surface area contributed by atoms with Gasteiger partial charge in [0.2, 0.25) is 5.95 Å². The molecule has 3 aromatic heterocycles. The Hall–Kier alpha value is -3.46. The van der Waals surface area contributed by atoms with Crippen LogP contribution in [0.25, 0.3) is 11.0 Å². The topological polar surface area (TPSA) is 125 Å². The van der Waals surface area contributed by atoms with E-state index < -0.39 is 0 Å². The number of nitrogens with two attached hydrogens (primary N) is 1. The van der Waals surface area contributed by atoms with Crippen LogP contribution in [0.2, 0.25) is 0 Å². The van der Waals surface area contributed by atoms with E-state index in [4.69, 9.17) is 5.84 Å². The van der Waals surface area contributed by atoms with Crippen LogP contribution in [-0.4, -0.2) is 37.9 Å². The molecule has 30 heavy (non-hydrogen) atoms. The third-order valence-electron chi connectivity index (χ3n) is 5.18. The zero-order valence-corrected chi connectivity index (χ0v) is 16.9. The Morgan fingerprint density at radius 2 is 2.07 bits per heavy atom. The Morgan fingerprint density at radius 3 is 2.83 bits per heavy atom. The monoisotopic (exact) mass is 406 g/mol. The molecule has 5 N–H and O–H groups in total. The van der Waals surface area contributed by atoms with E-state index in [-0.39, 0.29) is 5.91 Å². The van der Waals surface area contributed by atoms with E-state index in [1.54, 1.807) is 18.3 Å². The summed E-state index contributed by atoms with van der Waals surface area (Å²) in [5, 5.41) is 8.97. The van der Waals surface area contributed by atoms with Crippen molar-refractivity contribution in [3.63, 3.8) is 0 Å². The van der Waals surface area contributed by atoms with Crippen LogP contribution in [0.3, 0.4) is 0 Å². The van der Waals surface area contributed by atoms with Gasteiger partial charge in [-0.25, -0.2) is 20.8 Å². The Morgan fingerprint density at radius 1 is 1.23 bits per heavy atom. The van der Waals surface area contributed by atoms with Gasteiger partial charge >= 0.3 is 0 Å². The highest BCUT2D eigenvalue weighted by Gasteiger charge is 2.25. The number of fused-ring (bicyclic) bond motifs is 1. The predicted molar refractivity (Wildman–Crippen MR) is 118 cm³/mol. The highest BCUT2D eigenvalue weighted by atomic mass is 16.2. The maximum atomic E-state index is 12.0. The Labute approximate surface area is 174 Å². The molecule has 0 aliphatic heterocycles. The number of hydrogen-bond acceptors (Lipinski definition) is 7. The van der Waals surface area contributed by atoms with Crippen molar-refractivity contribution in [3.8, 4) is 0 Å². The summed E-state index contributed by atoms with van der Waals surface area (Å²) < 4.78 is 0. The molecule has 3 aromatic rings. The maximum absolute atomic E-state index is 12.0. The Balaban J connectivity index is 1.30. The first-order valence-electron chi connectivity index (χ1n) is 10.2. The van der Waals surface area contributed by atoms with Gasteiger partial charge < -0.3 is 15.6 Å². The van der Waals surface area contributed by atoms with Crippen LogP contribution in [0.4, 0.5) is 17.5 Å². The zero-order chi connectivity index (χ0) is 20.9. The van der Waals surface area contributed by atoms with Gasteiger partial charge in [0.25, 0.3) is 5.91 Å². The fourth-order valence-corrected chi connectivity index (χ4v) is 3.58. The third kappa shape index (κ3) is 4.57. The first-order chi connectivity index (χ1) is 14.6. The summed E-state index contributed by atoms with van der Waals surface area (Å²) >= 11 is 0. The molecule has 1 saturated carbocycles. The van der Waals surface area contributed by atoms with Crippen LogP contribution < -0.4 is 21.5 Å². The maximum Gasteiger partial charge on any atom is 0.264 e. The summed E-state index contributed by atoms with van der Waals surface area (Å²) in [4.78, 5) is 28.4. The van der Waals surface area contributed by atoms with Crippen molar-refractivity contribution < 1.29 is 4.79 Å². The summed E-state index contributed by atoms with van der Waals surface area (Å²) in [6.45, 7) is 1.96. The van der Waals surface area contributed by atoms with Crippen molar-refractivity contribution in [1.29, 1.82) is 0 Å². The number of amides is 1. The van der Waals surface area contributed by atoms with E-state index in [1.807, 2.05) is 31.5 Å². The molecule has 0 unspecified atom stereocenters. The number of allylic oxidation sites excluding steroid dienone is 1. The van der Waals surface area contributed by atoms with Crippen LogP contribution in [0.1, 0.15) is 32.6 Å². The Kier molecular flexibility index (Phi) is 5.89. The molecule has 0 bridgehead atoms. The van der Waals surface area contributed by atoms with Gasteiger partial charge in [0.15, 0.2) is 0 Å². The van der Waals surface area contributed by atoms with E-state index in [1.165, 1.54) is 6.08 Å². The number of rotatable bonds is 7. The Bertz CT molecular complexity index is 1030. The number of aromatic nitrogens is 4. The van der Waals surface area contributed by atoms with Gasteiger partial charge in [0.05, 0.1) is 11.9 Å². The molecule has 1 amide bonds. The number of H-pyrrole nitrogens is 1. The van der Waals surface area contributed by atoms with E-state index in [0.29, 0.717) is 23.7 Å². The van der Waals surface area contributed by atoms with Crippen molar-refractivity contribution in [2.45, 2.75) is 44.7 Å². The summed E-state index contributed by atoms with van der Waals surface area (Å²) in [6.07, 6.45) is 12.3. The van der Waals surface area contributed by atoms with Crippen molar-refractivity contribution in [2.24, 2.45) is 5.84 Å². The standard InChI is InChI=1S/C21H26N8O/c1-2-3-4-19(30)29(22)17-7-8-18(24-13-17)26-15-5-6-16(11-15)27-21-25-12-14-9-10-23-20(14)28-21/h3-4,7-10,12-13,15-16H,2,5-6,11,22H2,1H3,(H,24,26)(H2,23,25,27,28)/b4-3-/t15-,16-/m0/s1. The quantitative estimate of drug-likeness (QED) is 0.206. The van der Waals surface area contributed by atoms with Crippen molar-refractivity contribution in [1.82, 2.24) is 19.9 Å². The molecule has 9 nitrogen and oxygen atoms in total. The number of hydrogen-bond donors (Lipinski definition) is 4. The number of pyridine rings is 1. The number of carbonyl (C=O) groups is 1. The van der Waals surface area contributed by atoms with Gasteiger partial charge in [0, 0.05) is 35.9 Å². The average Bonchev–Trinajstić information content (AvgIpc) is 3.41. The average molecular weight is 406 g/mol. The summed E-state index contributed by atoms with van der Waals surface area (Å²) in [5.74, 6) is 6.99. The minimum absolute atomic E-state index is 0.274. The van der Waals surface area contributed by atoms with Gasteiger partial charge in [-0.15, -0.1) is 0 Å². The van der Waals surface area contributed by atoms with Gasteiger partial charge in [0.1, 0.15) is 11.5 Å². The second-order valence-corrected chi connectivity index (χ2v) is 7.39. The number of aromatic amines is 1. The van der Waals surface area contributed by atoms with Gasteiger partial charge in [-0.1, -0.05) is 13.0 Å². The molecule has 0 radical (unpaired) electrons. The van der Waals surface area contributed by atoms with Crippen LogP contribution in [0.5, 0.6) is 0 Å². The molecule has 1 aliphatic rings. The molecule has 1 aliphatic carbocycles. The fourth-order valence-electron chi connectivity index (χ4n) is 3.58. The van der Waals surface area contributed by atoms with Crippen molar-refractivity contribution in [3.05, 3.63) is 48.9 Å². The van der Waals surface area contributed by atoms with E-state index >= 15 is 0 Å². The van der Waals surface area contributed by atoms with Crippen LogP contribution in [0.15, 0.2) is 48.9 Å². The first kappa shape index (κ1) is 19.8. The molecule has 3 heterocycles. The number of nitrogens with zero attached hydrogens (tertiary/aromatic N) is 4. The zero-order valence-electron chi connectivity index (χ0n) is 16.9. The number of hydrazine groups is 1. The molecular weight excluding hydrogens is 380 g/mol. The molecule has 156 valence electrons. The fraction of sp³-hybridized carbons (Fsp3) is 0.333. The van der Waals surface area contributed by atoms with Gasteiger partial charge in [-0.3, -0.25) is 4.79 Å². The lowest BCUT2D eigenvalue weighted by atomic mass is 10.2. The number of carbonyl (C=O) groups excluding carboxylic acids is 1. The van der Waals surface area contributed by atoms with Crippen LogP contribution >= 0.6 is 0 Å². The molecule has 9 heteroatoms. The molecule has 2 atom stereocenters. The smallest absolute Gasteiger partial charge is 0.264 e. The molecule has 1 fully saturated rings. The SMILES string of the molecule is CC/C=C\C(=O)N(N)c1ccc(N[C@H]2CC[C@H](Nc3ncc4cc[nH]c4n3)C2)nc1. The predicted octanol–water partition coefficient (Wildman–Crippen LogP) is 2.97. The van der Waals surface area contributed by atoms with Crippen molar-refractivity contribution >= 4 is 34.4 Å². The van der Waals surface area contributed by atoms with Gasteiger partial charge in [-0.2, -0.15) is 4.98 Å². The lowest BCUT2D eigenvalue weighted by Crippen LogP contribution is -2.36. The third-order valence-corrected chi connectivity index (χ3v) is 5.18. The molecule has 0 saturated heterocycles. The highest BCUT2D eigenvalue weighted by molar-refractivity contribution is 6.00. The molecule has 4 rings (SSSR count). The van der Waals surface area contributed by atoms with Crippen LogP contribution in [-0.2, 0) is 4.79 Å². The van der Waals surface area contributed by atoms with E-state index in [0.717, 1.165) is 47.5 Å². The minimum Gasteiger partial charge on any atom is -0.367 e. The largest absolute Gasteiger partial charge is 0.367 e.